The second-order valence-corrected chi connectivity index (χ2v) is 6.38. The Kier molecular flexibility index (Phi) is 4.81. The lowest BCUT2D eigenvalue weighted by atomic mass is 9.85. The summed E-state index contributed by atoms with van der Waals surface area (Å²) in [5.41, 5.74) is 0.348. The van der Waals surface area contributed by atoms with Gasteiger partial charge in [0, 0.05) is 25.1 Å². The minimum Gasteiger partial charge on any atom is -0.379 e. The number of Topliss-reactive ketones (excluding diaryl/α,β-unsaturated/α-hetero) is 1. The largest absolute Gasteiger partial charge is 0.379 e. The molecule has 1 unspecified atom stereocenters. The van der Waals surface area contributed by atoms with Gasteiger partial charge in [-0.2, -0.15) is 0 Å². The maximum absolute atomic E-state index is 12.9. The molecular formula is C21H21NO3. The van der Waals surface area contributed by atoms with Crippen molar-refractivity contribution >= 4 is 17.8 Å². The van der Waals surface area contributed by atoms with E-state index >= 15 is 0 Å². The number of ketones is 1. The van der Waals surface area contributed by atoms with Gasteiger partial charge in [0.15, 0.2) is 11.4 Å². The Hall–Kier alpha value is -2.72. The van der Waals surface area contributed by atoms with Gasteiger partial charge in [-0.1, -0.05) is 55.1 Å². The molecule has 2 aromatic rings. The normalized spacial score (nSPS) is 22.6. The summed E-state index contributed by atoms with van der Waals surface area (Å²) in [6, 6.07) is 17.9. The number of carbonyl (C=O) groups is 2. The fourth-order valence-electron chi connectivity index (χ4n) is 3.41. The van der Waals surface area contributed by atoms with Crippen molar-refractivity contribution in [2.24, 2.45) is 0 Å². The highest BCUT2D eigenvalue weighted by Gasteiger charge is 2.52. The van der Waals surface area contributed by atoms with Crippen LogP contribution in [0, 0.1) is 0 Å². The van der Waals surface area contributed by atoms with Crippen molar-refractivity contribution in [3.63, 3.8) is 0 Å². The smallest absolute Gasteiger partial charge is 0.192 e. The molecule has 2 aromatic carbocycles. The van der Waals surface area contributed by atoms with Gasteiger partial charge >= 0.3 is 0 Å². The molecule has 25 heavy (non-hydrogen) atoms. The average molecular weight is 335 g/mol. The van der Waals surface area contributed by atoms with Gasteiger partial charge in [0.25, 0.3) is 0 Å². The van der Waals surface area contributed by atoms with Crippen molar-refractivity contribution in [1.29, 1.82) is 0 Å². The Bertz CT molecular complexity index is 772. The van der Waals surface area contributed by atoms with E-state index in [2.05, 4.69) is 6.58 Å². The van der Waals surface area contributed by atoms with Crippen LogP contribution in [0.5, 0.6) is 0 Å². The van der Waals surface area contributed by atoms with E-state index in [9.17, 15) is 14.7 Å². The molecule has 0 aromatic heterocycles. The minimum absolute atomic E-state index is 0.206. The zero-order valence-corrected chi connectivity index (χ0v) is 14.0. The van der Waals surface area contributed by atoms with E-state index in [-0.39, 0.29) is 6.42 Å². The van der Waals surface area contributed by atoms with Crippen LogP contribution < -0.4 is 4.90 Å². The van der Waals surface area contributed by atoms with Crippen LogP contribution in [-0.2, 0) is 16.0 Å². The lowest BCUT2D eigenvalue weighted by molar-refractivity contribution is -0.136. The Morgan fingerprint density at radius 2 is 1.76 bits per heavy atom. The van der Waals surface area contributed by atoms with Gasteiger partial charge in [-0.3, -0.25) is 4.79 Å². The Morgan fingerprint density at radius 1 is 1.16 bits per heavy atom. The number of hydrogen-bond donors (Lipinski definition) is 1. The molecular weight excluding hydrogens is 314 g/mol. The fraction of sp³-hybridized carbons (Fsp3) is 0.238. The van der Waals surface area contributed by atoms with Crippen LogP contribution in [-0.4, -0.2) is 35.4 Å². The number of hydrogen-bond acceptors (Lipinski definition) is 4. The summed E-state index contributed by atoms with van der Waals surface area (Å²) in [6.45, 7) is 4.30. The Morgan fingerprint density at radius 3 is 2.36 bits per heavy atom. The molecule has 1 aliphatic rings. The first-order chi connectivity index (χ1) is 12.1. The SMILES string of the molecule is C=C(Cc1ccccc1)C(=O)[C@@]1(O)CCN(c2ccccc2)C1C=O. The first-order valence-corrected chi connectivity index (χ1v) is 8.32. The van der Waals surface area contributed by atoms with Crippen molar-refractivity contribution in [1.82, 2.24) is 0 Å². The Balaban J connectivity index is 1.81. The number of carbonyl (C=O) groups excluding carboxylic acids is 2. The predicted molar refractivity (Wildman–Crippen MR) is 97.5 cm³/mol. The highest BCUT2D eigenvalue weighted by molar-refractivity contribution is 6.05. The number of nitrogens with zero attached hydrogens (tertiary/aromatic N) is 1. The lowest BCUT2D eigenvalue weighted by Gasteiger charge is -2.30. The first kappa shape index (κ1) is 17.1. The van der Waals surface area contributed by atoms with Crippen LogP contribution >= 0.6 is 0 Å². The number of anilines is 1. The third kappa shape index (κ3) is 3.26. The fourth-order valence-corrected chi connectivity index (χ4v) is 3.41. The number of aldehydes is 1. The van der Waals surface area contributed by atoms with E-state index in [4.69, 9.17) is 0 Å². The molecule has 0 bridgehead atoms. The van der Waals surface area contributed by atoms with E-state index in [1.165, 1.54) is 0 Å². The number of benzene rings is 2. The van der Waals surface area contributed by atoms with Crippen molar-refractivity contribution in [3.05, 3.63) is 78.4 Å². The summed E-state index contributed by atoms with van der Waals surface area (Å²) in [4.78, 5) is 26.4. The molecule has 1 saturated heterocycles. The van der Waals surface area contributed by atoms with Gasteiger partial charge in [-0.25, -0.2) is 0 Å². The van der Waals surface area contributed by atoms with E-state index in [0.29, 0.717) is 24.8 Å². The second-order valence-electron chi connectivity index (χ2n) is 6.38. The predicted octanol–water partition coefficient (Wildman–Crippen LogP) is 2.56. The van der Waals surface area contributed by atoms with Crippen LogP contribution in [0.2, 0.25) is 0 Å². The molecule has 4 nitrogen and oxygen atoms in total. The van der Waals surface area contributed by atoms with Gasteiger partial charge in [-0.15, -0.1) is 0 Å². The lowest BCUT2D eigenvalue weighted by Crippen LogP contribution is -2.52. The van der Waals surface area contributed by atoms with Gasteiger partial charge in [0.05, 0.1) is 0 Å². The van der Waals surface area contributed by atoms with Crippen LogP contribution in [0.25, 0.3) is 0 Å². The molecule has 3 rings (SSSR count). The average Bonchev–Trinajstić information content (AvgIpc) is 3.00. The zero-order valence-electron chi connectivity index (χ0n) is 14.0. The molecule has 1 aliphatic heterocycles. The van der Waals surface area contributed by atoms with E-state index < -0.39 is 17.4 Å². The van der Waals surface area contributed by atoms with Gasteiger partial charge < -0.3 is 14.8 Å². The molecule has 4 heteroatoms. The molecule has 128 valence electrons. The molecule has 0 spiro atoms. The van der Waals surface area contributed by atoms with Crippen molar-refractivity contribution in [3.8, 4) is 0 Å². The molecule has 0 saturated carbocycles. The number of para-hydroxylation sites is 1. The summed E-state index contributed by atoms with van der Waals surface area (Å²) in [6.07, 6.45) is 1.23. The highest BCUT2D eigenvalue weighted by atomic mass is 16.3. The second kappa shape index (κ2) is 7.03. The third-order valence-corrected chi connectivity index (χ3v) is 4.75. The zero-order chi connectivity index (χ0) is 17.9. The number of aliphatic hydroxyl groups is 1. The molecule has 1 N–H and O–H groups in total. The van der Waals surface area contributed by atoms with Crippen molar-refractivity contribution in [2.45, 2.75) is 24.5 Å². The highest BCUT2D eigenvalue weighted by Crippen LogP contribution is 2.34. The van der Waals surface area contributed by atoms with Gasteiger partial charge in [0.2, 0.25) is 0 Å². The Labute approximate surface area is 147 Å². The molecule has 0 radical (unpaired) electrons. The van der Waals surface area contributed by atoms with Crippen molar-refractivity contribution in [2.75, 3.05) is 11.4 Å². The van der Waals surface area contributed by atoms with E-state index in [1.807, 2.05) is 60.7 Å². The molecule has 2 atom stereocenters. The summed E-state index contributed by atoms with van der Waals surface area (Å²) in [5.74, 6) is -0.452. The quantitative estimate of drug-likeness (QED) is 0.651. The third-order valence-electron chi connectivity index (χ3n) is 4.75. The monoisotopic (exact) mass is 335 g/mol. The molecule has 1 heterocycles. The van der Waals surface area contributed by atoms with E-state index in [1.54, 1.807) is 4.90 Å². The van der Waals surface area contributed by atoms with Gasteiger partial charge in [0.1, 0.15) is 12.3 Å². The summed E-state index contributed by atoms with van der Waals surface area (Å²) in [7, 11) is 0. The van der Waals surface area contributed by atoms with Gasteiger partial charge in [-0.05, 0) is 23.3 Å². The maximum Gasteiger partial charge on any atom is 0.192 e. The minimum atomic E-state index is -1.73. The molecule has 0 aliphatic carbocycles. The summed E-state index contributed by atoms with van der Waals surface area (Å²) >= 11 is 0. The van der Waals surface area contributed by atoms with Crippen LogP contribution in [0.1, 0.15) is 12.0 Å². The molecule has 0 amide bonds. The topological polar surface area (TPSA) is 57.6 Å². The maximum atomic E-state index is 12.9. The molecule has 1 fully saturated rings. The van der Waals surface area contributed by atoms with Crippen molar-refractivity contribution < 1.29 is 14.7 Å². The van der Waals surface area contributed by atoms with Crippen LogP contribution in [0.15, 0.2) is 72.8 Å². The van der Waals surface area contributed by atoms with Crippen LogP contribution in [0.4, 0.5) is 5.69 Å². The summed E-state index contributed by atoms with van der Waals surface area (Å²) < 4.78 is 0. The first-order valence-electron chi connectivity index (χ1n) is 8.32. The van der Waals surface area contributed by atoms with Crippen LogP contribution in [0.3, 0.4) is 0 Å². The summed E-state index contributed by atoms with van der Waals surface area (Å²) in [5, 5.41) is 11.0. The standard InChI is InChI=1S/C21H21NO3/c1-16(14-17-8-4-2-5-9-17)20(24)21(25)12-13-22(19(21)15-23)18-10-6-3-7-11-18/h2-11,15,19,25H,1,12-14H2/t19?,21-/m1/s1. The number of rotatable bonds is 6. The van der Waals surface area contributed by atoms with E-state index in [0.717, 1.165) is 11.3 Å².